The lowest BCUT2D eigenvalue weighted by atomic mass is 9.92. The molecule has 21 heavy (non-hydrogen) atoms. The highest BCUT2D eigenvalue weighted by atomic mass is 16.5. The predicted octanol–water partition coefficient (Wildman–Crippen LogP) is 2.19. The number of carbonyl (C=O) groups excluding carboxylic acids is 1. The molecule has 1 saturated carbocycles. The van der Waals surface area contributed by atoms with Crippen molar-refractivity contribution < 1.29 is 9.53 Å². The average molecular weight is 291 g/mol. The third-order valence-electron chi connectivity index (χ3n) is 4.14. The molecule has 5 heteroatoms. The predicted molar refractivity (Wildman–Crippen MR) is 82.3 cm³/mol. The number of nitrogens with one attached hydrogen (secondary N) is 2. The summed E-state index contributed by atoms with van der Waals surface area (Å²) in [5.74, 6) is 0. The summed E-state index contributed by atoms with van der Waals surface area (Å²) in [7, 11) is 1.72. The third-order valence-corrected chi connectivity index (χ3v) is 4.14. The van der Waals surface area contributed by atoms with Gasteiger partial charge in [0.25, 0.3) is 0 Å². The second-order valence-corrected chi connectivity index (χ2v) is 5.62. The van der Waals surface area contributed by atoms with E-state index < -0.39 is 0 Å². The Morgan fingerprint density at radius 3 is 3.00 bits per heavy atom. The number of methoxy groups -OCH3 is 1. The maximum Gasteiger partial charge on any atom is 0.315 e. The van der Waals surface area contributed by atoms with Gasteiger partial charge in [-0.05, 0) is 43.4 Å². The molecule has 1 aliphatic rings. The van der Waals surface area contributed by atoms with Crippen molar-refractivity contribution in [2.45, 2.75) is 51.2 Å². The van der Waals surface area contributed by atoms with Crippen LogP contribution in [-0.4, -0.2) is 36.8 Å². The van der Waals surface area contributed by atoms with Crippen molar-refractivity contribution in [2.75, 3.05) is 13.7 Å². The van der Waals surface area contributed by atoms with Gasteiger partial charge in [-0.15, -0.1) is 0 Å². The quantitative estimate of drug-likeness (QED) is 0.874. The molecule has 0 spiro atoms. The van der Waals surface area contributed by atoms with Crippen molar-refractivity contribution in [3.8, 4) is 0 Å². The van der Waals surface area contributed by atoms with Crippen molar-refractivity contribution in [2.24, 2.45) is 0 Å². The smallest absolute Gasteiger partial charge is 0.315 e. The normalized spacial score (nSPS) is 21.8. The molecule has 1 heterocycles. The van der Waals surface area contributed by atoms with Gasteiger partial charge in [-0.1, -0.05) is 12.8 Å². The first-order valence-electron chi connectivity index (χ1n) is 7.67. The van der Waals surface area contributed by atoms with Crippen LogP contribution in [0.1, 0.15) is 36.8 Å². The van der Waals surface area contributed by atoms with Crippen LogP contribution in [0.15, 0.2) is 18.5 Å². The summed E-state index contributed by atoms with van der Waals surface area (Å²) >= 11 is 0. The zero-order valence-electron chi connectivity index (χ0n) is 12.9. The van der Waals surface area contributed by atoms with E-state index in [4.69, 9.17) is 4.74 Å². The van der Waals surface area contributed by atoms with Gasteiger partial charge >= 0.3 is 6.03 Å². The molecule has 2 unspecified atom stereocenters. The summed E-state index contributed by atoms with van der Waals surface area (Å²) in [6.07, 6.45) is 8.95. The molecule has 2 amide bonds. The van der Waals surface area contributed by atoms with Crippen molar-refractivity contribution >= 4 is 6.03 Å². The van der Waals surface area contributed by atoms with Gasteiger partial charge in [0, 0.05) is 26.0 Å². The number of aryl methyl sites for hydroxylation is 1. The Bertz CT molecular complexity index is 465. The van der Waals surface area contributed by atoms with Crippen LogP contribution in [0.2, 0.25) is 0 Å². The summed E-state index contributed by atoms with van der Waals surface area (Å²) in [6, 6.07) is 2.03. The van der Waals surface area contributed by atoms with Crippen molar-refractivity contribution in [3.63, 3.8) is 0 Å². The third kappa shape index (κ3) is 4.70. The molecular weight excluding hydrogens is 266 g/mol. The van der Waals surface area contributed by atoms with Gasteiger partial charge in [0.2, 0.25) is 0 Å². The van der Waals surface area contributed by atoms with E-state index in [1.165, 1.54) is 12.0 Å². The second-order valence-electron chi connectivity index (χ2n) is 5.62. The van der Waals surface area contributed by atoms with Gasteiger partial charge in [-0.2, -0.15) is 0 Å². The molecule has 116 valence electrons. The Hall–Kier alpha value is -1.62. The first kappa shape index (κ1) is 15.8. The van der Waals surface area contributed by atoms with E-state index in [0.29, 0.717) is 6.54 Å². The number of amides is 2. The molecule has 1 aromatic heterocycles. The number of nitrogens with zero attached hydrogens (tertiary/aromatic N) is 1. The minimum atomic E-state index is -0.101. The van der Waals surface area contributed by atoms with E-state index in [1.54, 1.807) is 13.3 Å². The molecule has 1 aromatic rings. The lowest BCUT2D eigenvalue weighted by Crippen LogP contribution is -2.49. The summed E-state index contributed by atoms with van der Waals surface area (Å²) in [5, 5.41) is 5.96. The average Bonchev–Trinajstić information content (AvgIpc) is 2.50. The number of pyridine rings is 1. The number of carbonyl (C=O) groups is 1. The molecule has 2 atom stereocenters. The number of aromatic nitrogens is 1. The van der Waals surface area contributed by atoms with E-state index in [-0.39, 0.29) is 18.2 Å². The van der Waals surface area contributed by atoms with Crippen molar-refractivity contribution in [3.05, 3.63) is 29.6 Å². The number of ether oxygens (including phenoxy) is 1. The van der Waals surface area contributed by atoms with Crippen LogP contribution >= 0.6 is 0 Å². The van der Waals surface area contributed by atoms with Gasteiger partial charge in [-0.3, -0.25) is 4.98 Å². The molecule has 2 N–H and O–H groups in total. The highest BCUT2D eigenvalue weighted by Gasteiger charge is 2.25. The molecule has 1 fully saturated rings. The Morgan fingerprint density at radius 1 is 1.43 bits per heavy atom. The summed E-state index contributed by atoms with van der Waals surface area (Å²) in [4.78, 5) is 16.0. The fraction of sp³-hybridized carbons (Fsp3) is 0.625. The van der Waals surface area contributed by atoms with Crippen LogP contribution in [0.3, 0.4) is 0 Å². The Balaban J connectivity index is 1.73. The Labute approximate surface area is 126 Å². The van der Waals surface area contributed by atoms with Crippen molar-refractivity contribution in [1.29, 1.82) is 0 Å². The van der Waals surface area contributed by atoms with E-state index in [9.17, 15) is 4.79 Å². The molecule has 0 aromatic carbocycles. The fourth-order valence-electron chi connectivity index (χ4n) is 2.86. The van der Waals surface area contributed by atoms with E-state index in [0.717, 1.165) is 31.2 Å². The maximum absolute atomic E-state index is 12.0. The van der Waals surface area contributed by atoms with E-state index >= 15 is 0 Å². The second kappa shape index (κ2) is 7.98. The number of rotatable bonds is 5. The zero-order valence-corrected chi connectivity index (χ0v) is 12.9. The fourth-order valence-corrected chi connectivity index (χ4v) is 2.86. The van der Waals surface area contributed by atoms with E-state index in [2.05, 4.69) is 15.6 Å². The maximum atomic E-state index is 12.0. The Kier molecular flexibility index (Phi) is 5.99. The number of hydrogen-bond acceptors (Lipinski definition) is 3. The zero-order chi connectivity index (χ0) is 15.1. The molecule has 0 radical (unpaired) electrons. The molecule has 0 bridgehead atoms. The summed E-state index contributed by atoms with van der Waals surface area (Å²) in [5.41, 5.74) is 2.38. The Morgan fingerprint density at radius 2 is 2.24 bits per heavy atom. The van der Waals surface area contributed by atoms with Gasteiger partial charge in [-0.25, -0.2) is 4.79 Å². The topological polar surface area (TPSA) is 63.2 Å². The largest absolute Gasteiger partial charge is 0.379 e. The molecule has 0 aliphatic heterocycles. The highest BCUT2D eigenvalue weighted by molar-refractivity contribution is 5.74. The van der Waals surface area contributed by atoms with Gasteiger partial charge < -0.3 is 15.4 Å². The first-order chi connectivity index (χ1) is 10.2. The molecule has 2 rings (SSSR count). The summed E-state index contributed by atoms with van der Waals surface area (Å²) < 4.78 is 5.44. The van der Waals surface area contributed by atoms with Gasteiger partial charge in [0.15, 0.2) is 0 Å². The van der Waals surface area contributed by atoms with E-state index in [1.807, 2.05) is 19.2 Å². The molecule has 5 nitrogen and oxygen atoms in total. The van der Waals surface area contributed by atoms with Gasteiger partial charge in [0.05, 0.1) is 12.1 Å². The molecular formula is C16H25N3O2. The SMILES string of the molecule is COC1CCCCC1NC(=O)NCCc1ccncc1C. The monoisotopic (exact) mass is 291 g/mol. The van der Waals surface area contributed by atoms with Crippen LogP contribution in [-0.2, 0) is 11.2 Å². The van der Waals surface area contributed by atoms with Crippen LogP contribution in [0.5, 0.6) is 0 Å². The van der Waals surface area contributed by atoms with Crippen LogP contribution < -0.4 is 10.6 Å². The number of hydrogen-bond donors (Lipinski definition) is 2. The van der Waals surface area contributed by atoms with Gasteiger partial charge in [0.1, 0.15) is 0 Å². The minimum absolute atomic E-state index is 0.101. The lowest BCUT2D eigenvalue weighted by molar-refractivity contribution is 0.0452. The lowest BCUT2D eigenvalue weighted by Gasteiger charge is -2.31. The highest BCUT2D eigenvalue weighted by Crippen LogP contribution is 2.20. The van der Waals surface area contributed by atoms with Crippen LogP contribution in [0.25, 0.3) is 0 Å². The minimum Gasteiger partial charge on any atom is -0.379 e. The standard InChI is InChI=1S/C16H25N3O2/c1-12-11-17-9-7-13(12)8-10-18-16(20)19-14-5-3-4-6-15(14)21-2/h7,9,11,14-15H,3-6,8,10H2,1-2H3,(H2,18,19,20). The van der Waals surface area contributed by atoms with Crippen LogP contribution in [0, 0.1) is 6.92 Å². The van der Waals surface area contributed by atoms with Crippen LogP contribution in [0.4, 0.5) is 4.79 Å². The number of urea groups is 1. The summed E-state index contributed by atoms with van der Waals surface area (Å²) in [6.45, 7) is 2.66. The molecule has 0 saturated heterocycles. The first-order valence-corrected chi connectivity index (χ1v) is 7.67. The van der Waals surface area contributed by atoms with Crippen molar-refractivity contribution in [1.82, 2.24) is 15.6 Å². The molecule has 1 aliphatic carbocycles.